The Kier molecular flexibility index (Phi) is 6.20. The lowest BCUT2D eigenvalue weighted by Gasteiger charge is -2.42. The number of hydrogen-bond donors (Lipinski definition) is 0. The molecular weight excluding hydrogens is 354 g/mol. The highest BCUT2D eigenvalue weighted by Gasteiger charge is 2.36. The van der Waals surface area contributed by atoms with Crippen LogP contribution in [0.1, 0.15) is 55.3 Å². The quantitative estimate of drug-likeness (QED) is 0.747. The Morgan fingerprint density at radius 3 is 2.54 bits per heavy atom. The average Bonchev–Trinajstić information content (AvgIpc) is 3.21. The van der Waals surface area contributed by atoms with Gasteiger partial charge in [0.2, 0.25) is 5.91 Å². The number of aromatic nitrogens is 2. The fourth-order valence-electron chi connectivity index (χ4n) is 4.61. The topological polar surface area (TPSA) is 69.6 Å². The Balaban J connectivity index is 1.43. The zero-order chi connectivity index (χ0) is 19.3. The van der Waals surface area contributed by atoms with Crippen molar-refractivity contribution in [2.24, 2.45) is 5.92 Å². The summed E-state index contributed by atoms with van der Waals surface area (Å²) in [6.45, 7) is 5.41. The monoisotopic (exact) mass is 385 g/mol. The molecule has 2 amide bonds. The normalized spacial score (nSPS) is 23.4. The molecule has 0 radical (unpaired) electrons. The third-order valence-electron chi connectivity index (χ3n) is 6.55. The summed E-state index contributed by atoms with van der Waals surface area (Å²) >= 11 is 0. The zero-order valence-electron chi connectivity index (χ0n) is 16.6. The summed E-state index contributed by atoms with van der Waals surface area (Å²) in [5.41, 5.74) is 0.574. The average molecular weight is 386 g/mol. The first-order chi connectivity index (χ1) is 13.7. The van der Waals surface area contributed by atoms with Gasteiger partial charge in [0.05, 0.1) is 18.0 Å². The molecule has 3 heterocycles. The van der Waals surface area contributed by atoms with Gasteiger partial charge in [0.25, 0.3) is 5.91 Å². The molecule has 1 saturated carbocycles. The first kappa shape index (κ1) is 19.3. The Bertz CT molecular complexity index is 673. The molecule has 4 rings (SSSR count). The van der Waals surface area contributed by atoms with E-state index in [0.29, 0.717) is 18.0 Å². The molecule has 7 heteroatoms. The standard InChI is InChI=1S/C21H31N5O2/c27-20(18-8-9-22-23-15-18)25-12-4-7-19(16-25)26(21(28)17-5-3-6-17)14-13-24-10-1-2-11-24/h8-9,15,17,19H,1-7,10-14,16H2. The molecule has 28 heavy (non-hydrogen) atoms. The van der Waals surface area contributed by atoms with Crippen LogP contribution in [-0.2, 0) is 4.79 Å². The van der Waals surface area contributed by atoms with Gasteiger partial charge in [-0.3, -0.25) is 9.59 Å². The molecule has 0 spiro atoms. The third-order valence-corrected chi connectivity index (χ3v) is 6.55. The van der Waals surface area contributed by atoms with Gasteiger partial charge in [-0.25, -0.2) is 0 Å². The summed E-state index contributed by atoms with van der Waals surface area (Å²) in [5, 5.41) is 7.59. The second-order valence-electron chi connectivity index (χ2n) is 8.39. The SMILES string of the molecule is O=C(c1ccnnc1)N1CCCC(N(CCN2CCCC2)C(=O)C2CCC2)C1. The lowest BCUT2D eigenvalue weighted by molar-refractivity contribution is -0.141. The molecule has 0 aromatic carbocycles. The summed E-state index contributed by atoms with van der Waals surface area (Å²) in [4.78, 5) is 32.5. The first-order valence-electron chi connectivity index (χ1n) is 10.8. The number of piperidine rings is 1. The number of rotatable bonds is 6. The molecule has 0 N–H and O–H groups in total. The largest absolute Gasteiger partial charge is 0.337 e. The van der Waals surface area contributed by atoms with E-state index in [1.165, 1.54) is 25.5 Å². The van der Waals surface area contributed by atoms with Crippen molar-refractivity contribution in [3.05, 3.63) is 24.0 Å². The smallest absolute Gasteiger partial charge is 0.255 e. The predicted molar refractivity (Wildman–Crippen MR) is 106 cm³/mol. The molecule has 1 unspecified atom stereocenters. The van der Waals surface area contributed by atoms with E-state index in [9.17, 15) is 9.59 Å². The summed E-state index contributed by atoms with van der Waals surface area (Å²) < 4.78 is 0. The highest BCUT2D eigenvalue weighted by Crippen LogP contribution is 2.30. The van der Waals surface area contributed by atoms with Crippen molar-refractivity contribution >= 4 is 11.8 Å². The van der Waals surface area contributed by atoms with Crippen LogP contribution in [0.4, 0.5) is 0 Å². The zero-order valence-corrected chi connectivity index (χ0v) is 16.6. The van der Waals surface area contributed by atoms with Crippen molar-refractivity contribution in [2.75, 3.05) is 39.3 Å². The van der Waals surface area contributed by atoms with Gasteiger partial charge >= 0.3 is 0 Å². The van der Waals surface area contributed by atoms with E-state index in [0.717, 1.165) is 58.4 Å². The molecule has 1 atom stereocenters. The van der Waals surface area contributed by atoms with E-state index in [2.05, 4.69) is 20.0 Å². The van der Waals surface area contributed by atoms with Crippen molar-refractivity contribution in [3.63, 3.8) is 0 Å². The molecule has 1 aliphatic carbocycles. The van der Waals surface area contributed by atoms with E-state index < -0.39 is 0 Å². The van der Waals surface area contributed by atoms with Crippen LogP contribution in [0.2, 0.25) is 0 Å². The number of likely N-dealkylation sites (tertiary alicyclic amines) is 2. The van der Waals surface area contributed by atoms with Crippen LogP contribution < -0.4 is 0 Å². The number of nitrogens with zero attached hydrogens (tertiary/aromatic N) is 5. The fourth-order valence-corrected chi connectivity index (χ4v) is 4.61. The molecule has 0 bridgehead atoms. The van der Waals surface area contributed by atoms with Crippen LogP contribution in [0.25, 0.3) is 0 Å². The van der Waals surface area contributed by atoms with Crippen molar-refractivity contribution in [3.8, 4) is 0 Å². The molecule has 2 saturated heterocycles. The number of hydrogen-bond acceptors (Lipinski definition) is 5. The molecular formula is C21H31N5O2. The van der Waals surface area contributed by atoms with Gasteiger partial charge in [0, 0.05) is 38.1 Å². The summed E-state index contributed by atoms with van der Waals surface area (Å²) in [7, 11) is 0. The summed E-state index contributed by atoms with van der Waals surface area (Å²) in [5.74, 6) is 0.513. The number of amides is 2. The highest BCUT2D eigenvalue weighted by molar-refractivity contribution is 5.94. The van der Waals surface area contributed by atoms with Gasteiger partial charge < -0.3 is 14.7 Å². The molecule has 1 aromatic rings. The van der Waals surface area contributed by atoms with Crippen LogP contribution >= 0.6 is 0 Å². The Hall–Kier alpha value is -2.02. The maximum absolute atomic E-state index is 13.2. The van der Waals surface area contributed by atoms with Crippen molar-refractivity contribution in [1.29, 1.82) is 0 Å². The maximum atomic E-state index is 13.2. The van der Waals surface area contributed by atoms with E-state index >= 15 is 0 Å². The van der Waals surface area contributed by atoms with Crippen molar-refractivity contribution in [2.45, 2.75) is 51.0 Å². The first-order valence-corrected chi connectivity index (χ1v) is 10.8. The molecule has 3 aliphatic rings. The van der Waals surface area contributed by atoms with E-state index in [-0.39, 0.29) is 17.9 Å². The van der Waals surface area contributed by atoms with Crippen LogP contribution in [0, 0.1) is 5.92 Å². The lowest BCUT2D eigenvalue weighted by Crippen LogP contribution is -2.55. The van der Waals surface area contributed by atoms with Gasteiger partial charge in [0.15, 0.2) is 0 Å². The van der Waals surface area contributed by atoms with Gasteiger partial charge in [-0.15, -0.1) is 0 Å². The van der Waals surface area contributed by atoms with Gasteiger partial charge in [0.1, 0.15) is 0 Å². The van der Waals surface area contributed by atoms with Crippen LogP contribution in [0.3, 0.4) is 0 Å². The van der Waals surface area contributed by atoms with Crippen LogP contribution in [0.5, 0.6) is 0 Å². The second kappa shape index (κ2) is 8.99. The Morgan fingerprint density at radius 1 is 1.04 bits per heavy atom. The van der Waals surface area contributed by atoms with E-state index in [1.54, 1.807) is 12.3 Å². The van der Waals surface area contributed by atoms with Crippen molar-refractivity contribution < 1.29 is 9.59 Å². The molecule has 152 valence electrons. The Morgan fingerprint density at radius 2 is 1.86 bits per heavy atom. The lowest BCUT2D eigenvalue weighted by atomic mass is 9.83. The third kappa shape index (κ3) is 4.35. The minimum atomic E-state index is -0.00446. The molecule has 2 aliphatic heterocycles. The van der Waals surface area contributed by atoms with Crippen LogP contribution in [-0.4, -0.2) is 82.0 Å². The predicted octanol–water partition coefficient (Wildman–Crippen LogP) is 1.81. The van der Waals surface area contributed by atoms with E-state index in [4.69, 9.17) is 0 Å². The molecule has 7 nitrogen and oxygen atoms in total. The fraction of sp³-hybridized carbons (Fsp3) is 0.714. The van der Waals surface area contributed by atoms with E-state index in [1.807, 2.05) is 4.90 Å². The summed E-state index contributed by atoms with van der Waals surface area (Å²) in [6, 6.07) is 1.84. The number of carbonyl (C=O) groups is 2. The molecule has 3 fully saturated rings. The Labute approximate surface area is 167 Å². The summed E-state index contributed by atoms with van der Waals surface area (Å²) in [6.07, 6.45) is 10.7. The maximum Gasteiger partial charge on any atom is 0.255 e. The van der Waals surface area contributed by atoms with Gasteiger partial charge in [-0.1, -0.05) is 6.42 Å². The number of carbonyl (C=O) groups excluding carboxylic acids is 2. The highest BCUT2D eigenvalue weighted by atomic mass is 16.2. The molecule has 1 aromatic heterocycles. The van der Waals surface area contributed by atoms with Crippen molar-refractivity contribution in [1.82, 2.24) is 24.9 Å². The van der Waals surface area contributed by atoms with Crippen LogP contribution in [0.15, 0.2) is 18.5 Å². The minimum Gasteiger partial charge on any atom is -0.337 e. The minimum absolute atomic E-state index is 0.00446. The van der Waals surface area contributed by atoms with Gasteiger partial charge in [-0.05, 0) is 57.7 Å². The van der Waals surface area contributed by atoms with Gasteiger partial charge in [-0.2, -0.15) is 10.2 Å². The second-order valence-corrected chi connectivity index (χ2v) is 8.39.